The highest BCUT2D eigenvalue weighted by atomic mass is 16.3. The van der Waals surface area contributed by atoms with Gasteiger partial charge in [0.2, 0.25) is 0 Å². The molecule has 0 saturated heterocycles. The lowest BCUT2D eigenvalue weighted by atomic mass is 9.49. The van der Waals surface area contributed by atoms with Crippen LogP contribution in [-0.2, 0) is 10.8 Å². The summed E-state index contributed by atoms with van der Waals surface area (Å²) in [6.07, 6.45) is 8.18. The Hall–Kier alpha value is -7.94. The zero-order valence-corrected chi connectivity index (χ0v) is 35.2. The second kappa shape index (κ2) is 14.3. The average molecular weight is 818 g/mol. The molecular formula is C62H43NO. The van der Waals surface area contributed by atoms with Gasteiger partial charge in [0.1, 0.15) is 5.58 Å². The summed E-state index contributed by atoms with van der Waals surface area (Å²) < 4.78 is 6.82. The van der Waals surface area contributed by atoms with E-state index in [1.165, 1.54) is 61.2 Å². The minimum atomic E-state index is -0.548. The Morgan fingerprint density at radius 1 is 0.453 bits per heavy atom. The maximum atomic E-state index is 6.82. The molecule has 2 heteroatoms. The van der Waals surface area contributed by atoms with E-state index in [9.17, 15) is 0 Å². The van der Waals surface area contributed by atoms with E-state index in [-0.39, 0.29) is 5.92 Å². The van der Waals surface area contributed by atoms with Crippen molar-refractivity contribution in [3.8, 4) is 22.3 Å². The molecule has 1 aromatic heterocycles. The van der Waals surface area contributed by atoms with Gasteiger partial charge in [0, 0.05) is 28.1 Å². The van der Waals surface area contributed by atoms with E-state index >= 15 is 0 Å². The summed E-state index contributed by atoms with van der Waals surface area (Å²) in [5, 5.41) is 2.22. The number of benzene rings is 9. The van der Waals surface area contributed by atoms with Crippen molar-refractivity contribution >= 4 is 33.3 Å². The zero-order valence-electron chi connectivity index (χ0n) is 35.2. The molecule has 1 heterocycles. The van der Waals surface area contributed by atoms with Crippen molar-refractivity contribution in [2.75, 3.05) is 4.90 Å². The lowest BCUT2D eigenvalue weighted by Gasteiger charge is -2.52. The number of hydrogen-bond donors (Lipinski definition) is 0. The van der Waals surface area contributed by atoms with Crippen molar-refractivity contribution in [3.05, 3.63) is 287 Å². The number of allylic oxidation sites excluding steroid dienone is 3. The number of hydrogen-bond acceptors (Lipinski definition) is 2. The van der Waals surface area contributed by atoms with Gasteiger partial charge in [-0.15, -0.1) is 0 Å². The molecule has 0 radical (unpaired) electrons. The molecule has 3 aliphatic rings. The van der Waals surface area contributed by atoms with Gasteiger partial charge in [-0.2, -0.15) is 0 Å². The third-order valence-corrected chi connectivity index (χ3v) is 14.4. The van der Waals surface area contributed by atoms with Crippen molar-refractivity contribution in [1.82, 2.24) is 0 Å². The monoisotopic (exact) mass is 817 g/mol. The quantitative estimate of drug-likeness (QED) is 0.159. The molecule has 64 heavy (non-hydrogen) atoms. The SMILES string of the molecule is C1=CC(N(c2ccc(-c3ccccc3)cc2)c2cccc3c2oc2ccccc23)=CC(C2(c3ccccc3)c3ccccc3C3(c4ccccc4)c4ccccc4-c4cccc2c43)C1. The molecule has 13 rings (SSSR count). The molecule has 3 atom stereocenters. The molecule has 0 bridgehead atoms. The summed E-state index contributed by atoms with van der Waals surface area (Å²) in [4.78, 5) is 2.43. The average Bonchev–Trinajstić information content (AvgIpc) is 3.91. The fourth-order valence-electron chi connectivity index (χ4n) is 11.9. The van der Waals surface area contributed by atoms with E-state index in [0.717, 1.165) is 45.4 Å². The molecule has 0 N–H and O–H groups in total. The summed E-state index contributed by atoms with van der Waals surface area (Å²) in [5.74, 6) is 0.0287. The van der Waals surface area contributed by atoms with Crippen LogP contribution >= 0.6 is 0 Å². The van der Waals surface area contributed by atoms with Crippen LogP contribution in [0.4, 0.5) is 11.4 Å². The topological polar surface area (TPSA) is 16.4 Å². The highest BCUT2D eigenvalue weighted by Crippen LogP contribution is 2.66. The smallest absolute Gasteiger partial charge is 0.159 e. The molecule has 302 valence electrons. The van der Waals surface area contributed by atoms with Gasteiger partial charge >= 0.3 is 0 Å². The Morgan fingerprint density at radius 3 is 1.84 bits per heavy atom. The Labute approximate surface area is 373 Å². The highest BCUT2D eigenvalue weighted by Gasteiger charge is 2.58. The van der Waals surface area contributed by atoms with E-state index in [4.69, 9.17) is 4.42 Å². The normalized spacial score (nSPS) is 19.2. The molecule has 10 aromatic rings. The van der Waals surface area contributed by atoms with Crippen LogP contribution in [0.15, 0.2) is 253 Å². The minimum Gasteiger partial charge on any atom is -0.454 e. The molecule has 2 nitrogen and oxygen atoms in total. The summed E-state index contributed by atoms with van der Waals surface area (Å²) in [5.41, 5.74) is 18.3. The maximum Gasteiger partial charge on any atom is 0.159 e. The van der Waals surface area contributed by atoms with Crippen LogP contribution in [0.3, 0.4) is 0 Å². The predicted molar refractivity (Wildman–Crippen MR) is 263 cm³/mol. The molecular weight excluding hydrogens is 775 g/mol. The Morgan fingerprint density at radius 2 is 1.05 bits per heavy atom. The van der Waals surface area contributed by atoms with E-state index < -0.39 is 10.8 Å². The lowest BCUT2D eigenvalue weighted by Crippen LogP contribution is -2.47. The molecule has 0 spiro atoms. The van der Waals surface area contributed by atoms with Crippen LogP contribution in [0.2, 0.25) is 0 Å². The minimum absolute atomic E-state index is 0.0287. The maximum absolute atomic E-state index is 6.82. The van der Waals surface area contributed by atoms with Gasteiger partial charge < -0.3 is 9.32 Å². The second-order valence-electron chi connectivity index (χ2n) is 17.4. The first-order valence-electron chi connectivity index (χ1n) is 22.5. The van der Waals surface area contributed by atoms with Gasteiger partial charge in [-0.05, 0) is 98.0 Å². The summed E-state index contributed by atoms with van der Waals surface area (Å²) >= 11 is 0. The van der Waals surface area contributed by atoms with Crippen LogP contribution in [0, 0.1) is 5.92 Å². The van der Waals surface area contributed by atoms with Crippen molar-refractivity contribution in [2.45, 2.75) is 17.3 Å². The summed E-state index contributed by atoms with van der Waals surface area (Å²) in [6, 6.07) is 82.8. The van der Waals surface area contributed by atoms with Gasteiger partial charge in [-0.1, -0.05) is 212 Å². The van der Waals surface area contributed by atoms with Gasteiger partial charge in [-0.3, -0.25) is 0 Å². The number of para-hydroxylation sites is 2. The van der Waals surface area contributed by atoms with Crippen LogP contribution in [0.1, 0.15) is 45.4 Å². The Kier molecular flexibility index (Phi) is 8.20. The van der Waals surface area contributed by atoms with E-state index in [0.29, 0.717) is 0 Å². The lowest BCUT2D eigenvalue weighted by molar-refractivity contribution is 0.421. The van der Waals surface area contributed by atoms with Gasteiger partial charge in [0.15, 0.2) is 5.58 Å². The molecule has 0 fully saturated rings. The first kappa shape index (κ1) is 36.7. The Balaban J connectivity index is 1.09. The van der Waals surface area contributed by atoms with Crippen LogP contribution < -0.4 is 4.90 Å². The van der Waals surface area contributed by atoms with Crippen LogP contribution in [0.25, 0.3) is 44.2 Å². The fourth-order valence-corrected chi connectivity index (χ4v) is 11.9. The number of fused-ring (bicyclic) bond motifs is 8. The molecule has 9 aromatic carbocycles. The number of anilines is 2. The van der Waals surface area contributed by atoms with Crippen molar-refractivity contribution in [1.29, 1.82) is 0 Å². The number of rotatable bonds is 7. The van der Waals surface area contributed by atoms with E-state index in [2.05, 4.69) is 248 Å². The van der Waals surface area contributed by atoms with Gasteiger partial charge in [-0.25, -0.2) is 0 Å². The first-order chi connectivity index (χ1) is 31.8. The molecule has 0 amide bonds. The zero-order chi connectivity index (χ0) is 42.2. The number of nitrogens with zero attached hydrogens (tertiary/aromatic N) is 1. The van der Waals surface area contributed by atoms with Crippen LogP contribution in [0.5, 0.6) is 0 Å². The second-order valence-corrected chi connectivity index (χ2v) is 17.4. The van der Waals surface area contributed by atoms with E-state index in [1.54, 1.807) is 0 Å². The third kappa shape index (κ3) is 5.08. The molecule has 3 unspecified atom stereocenters. The molecule has 3 aliphatic carbocycles. The summed E-state index contributed by atoms with van der Waals surface area (Å²) in [6.45, 7) is 0. The predicted octanol–water partition coefficient (Wildman–Crippen LogP) is 15.6. The third-order valence-electron chi connectivity index (χ3n) is 14.4. The number of furan rings is 1. The van der Waals surface area contributed by atoms with Crippen molar-refractivity contribution < 1.29 is 4.42 Å². The first-order valence-corrected chi connectivity index (χ1v) is 22.5. The largest absolute Gasteiger partial charge is 0.454 e. The van der Waals surface area contributed by atoms with Gasteiger partial charge in [0.05, 0.1) is 16.5 Å². The molecule has 0 aliphatic heterocycles. The standard InChI is InChI=1S/C62H43NO/c1-4-19-42(20-5-1)43-37-39-47(40-38-43)63(57-35-18-30-52-50-28-11-15-36-58(50)64-60(52)57)48-26-16-25-46(41-48)61(44-21-6-2-7-22-44)54-32-13-14-33-55(54)62(45-23-8-3-9-24-45)53-31-12-10-27-49(53)51-29-17-34-56(61)59(51)62/h1-24,26-41,46H,25H2. The van der Waals surface area contributed by atoms with Crippen molar-refractivity contribution in [3.63, 3.8) is 0 Å². The fraction of sp³-hybridized carbons (Fsp3) is 0.0645. The van der Waals surface area contributed by atoms with Gasteiger partial charge in [0.25, 0.3) is 0 Å². The summed E-state index contributed by atoms with van der Waals surface area (Å²) in [7, 11) is 0. The molecule has 0 saturated carbocycles. The highest BCUT2D eigenvalue weighted by molar-refractivity contribution is 6.10. The van der Waals surface area contributed by atoms with E-state index in [1.807, 2.05) is 0 Å². The van der Waals surface area contributed by atoms with Crippen LogP contribution in [-0.4, -0.2) is 0 Å². The Bertz CT molecular complexity index is 3470. The van der Waals surface area contributed by atoms with Crippen molar-refractivity contribution in [2.24, 2.45) is 5.92 Å².